The third-order valence-electron chi connectivity index (χ3n) is 3.62. The van der Waals surface area contributed by atoms with Crippen molar-refractivity contribution in [1.82, 2.24) is 15.0 Å². The second kappa shape index (κ2) is 6.72. The molecule has 0 radical (unpaired) electrons. The quantitative estimate of drug-likeness (QED) is 0.863. The summed E-state index contributed by atoms with van der Waals surface area (Å²) in [7, 11) is 1.79. The number of anilines is 2. The highest BCUT2D eigenvalue weighted by Gasteiger charge is 2.24. The second-order valence-electron chi connectivity index (χ2n) is 5.71. The maximum absolute atomic E-state index is 5.38. The van der Waals surface area contributed by atoms with Gasteiger partial charge in [0.1, 0.15) is 0 Å². The molecule has 1 aliphatic rings. The Morgan fingerprint density at radius 2 is 1.70 bits per heavy atom. The van der Waals surface area contributed by atoms with Crippen LogP contribution in [0.3, 0.4) is 0 Å². The van der Waals surface area contributed by atoms with Crippen LogP contribution in [0.2, 0.25) is 0 Å². The first-order valence-electron chi connectivity index (χ1n) is 7.43. The van der Waals surface area contributed by atoms with E-state index in [1.165, 1.54) is 6.42 Å². The van der Waals surface area contributed by atoms with Crippen molar-refractivity contribution in [3.63, 3.8) is 0 Å². The molecule has 0 spiro atoms. The van der Waals surface area contributed by atoms with Crippen LogP contribution in [0.15, 0.2) is 0 Å². The smallest absolute Gasteiger partial charge is 0.323 e. The van der Waals surface area contributed by atoms with E-state index in [0.717, 1.165) is 24.7 Å². The number of nitrogens with zero attached hydrogens (tertiary/aromatic N) is 3. The van der Waals surface area contributed by atoms with Crippen LogP contribution >= 0.6 is 0 Å². The molecule has 2 unspecified atom stereocenters. The molecule has 1 aromatic rings. The lowest BCUT2D eigenvalue weighted by Crippen LogP contribution is -2.31. The van der Waals surface area contributed by atoms with Crippen LogP contribution in [0.25, 0.3) is 0 Å². The first-order chi connectivity index (χ1) is 9.60. The Bertz CT molecular complexity index is 430. The lowest BCUT2D eigenvalue weighted by atomic mass is 9.80. The van der Waals surface area contributed by atoms with Gasteiger partial charge in [0.2, 0.25) is 11.9 Å². The SMILES string of the molecule is CCOc1nc(NC)nc(NC2CC(C)CC(C)C2)n1. The minimum atomic E-state index is 0.367. The molecule has 1 saturated carbocycles. The first kappa shape index (κ1) is 14.8. The van der Waals surface area contributed by atoms with E-state index in [1.54, 1.807) is 7.05 Å². The largest absolute Gasteiger partial charge is 0.464 e. The van der Waals surface area contributed by atoms with Crippen molar-refractivity contribution < 1.29 is 4.74 Å². The zero-order valence-corrected chi connectivity index (χ0v) is 12.8. The molecule has 1 heterocycles. The van der Waals surface area contributed by atoms with Gasteiger partial charge in [0.05, 0.1) is 6.61 Å². The van der Waals surface area contributed by atoms with E-state index >= 15 is 0 Å². The van der Waals surface area contributed by atoms with Gasteiger partial charge >= 0.3 is 6.01 Å². The van der Waals surface area contributed by atoms with Crippen molar-refractivity contribution in [3.05, 3.63) is 0 Å². The molecule has 0 aliphatic heterocycles. The normalized spacial score (nSPS) is 26.1. The standard InChI is InChI=1S/C14H25N5O/c1-5-20-14-18-12(15-4)17-13(19-14)16-11-7-9(2)6-10(3)8-11/h9-11H,5-8H2,1-4H3,(H2,15,16,17,18,19). The predicted molar refractivity (Wildman–Crippen MR) is 80.1 cm³/mol. The number of nitrogens with one attached hydrogen (secondary N) is 2. The number of hydrogen-bond donors (Lipinski definition) is 2. The molecule has 112 valence electrons. The van der Waals surface area contributed by atoms with E-state index in [1.807, 2.05) is 6.92 Å². The molecule has 0 saturated heterocycles. The highest BCUT2D eigenvalue weighted by Crippen LogP contribution is 2.30. The highest BCUT2D eigenvalue weighted by molar-refractivity contribution is 5.36. The summed E-state index contributed by atoms with van der Waals surface area (Å²) in [5.41, 5.74) is 0. The molecule has 2 N–H and O–H groups in total. The lowest BCUT2D eigenvalue weighted by molar-refractivity contribution is 0.279. The minimum Gasteiger partial charge on any atom is -0.464 e. The molecule has 1 aromatic heterocycles. The molecule has 1 fully saturated rings. The molecular formula is C14H25N5O. The Morgan fingerprint density at radius 3 is 2.30 bits per heavy atom. The molecular weight excluding hydrogens is 254 g/mol. The maximum atomic E-state index is 5.38. The minimum absolute atomic E-state index is 0.367. The zero-order chi connectivity index (χ0) is 14.5. The van der Waals surface area contributed by atoms with E-state index < -0.39 is 0 Å². The Balaban J connectivity index is 2.09. The van der Waals surface area contributed by atoms with Crippen molar-refractivity contribution in [2.75, 3.05) is 24.3 Å². The van der Waals surface area contributed by atoms with E-state index in [0.29, 0.717) is 30.6 Å². The van der Waals surface area contributed by atoms with E-state index in [4.69, 9.17) is 4.74 Å². The third-order valence-corrected chi connectivity index (χ3v) is 3.62. The fraction of sp³-hybridized carbons (Fsp3) is 0.786. The number of rotatable bonds is 5. The average Bonchev–Trinajstić information content (AvgIpc) is 2.37. The van der Waals surface area contributed by atoms with Gasteiger partial charge in [0, 0.05) is 13.1 Å². The fourth-order valence-electron chi connectivity index (χ4n) is 2.97. The van der Waals surface area contributed by atoms with Crippen LogP contribution in [0.5, 0.6) is 6.01 Å². The average molecular weight is 279 g/mol. The molecule has 2 rings (SSSR count). The van der Waals surface area contributed by atoms with Crippen molar-refractivity contribution in [2.45, 2.75) is 46.1 Å². The molecule has 20 heavy (non-hydrogen) atoms. The molecule has 0 aromatic carbocycles. The summed E-state index contributed by atoms with van der Waals surface area (Å²) in [6.07, 6.45) is 3.63. The van der Waals surface area contributed by atoms with Crippen LogP contribution < -0.4 is 15.4 Å². The number of hydrogen-bond acceptors (Lipinski definition) is 6. The van der Waals surface area contributed by atoms with Gasteiger partial charge in [-0.15, -0.1) is 0 Å². The lowest BCUT2D eigenvalue weighted by Gasteiger charge is -2.31. The number of ether oxygens (including phenoxy) is 1. The molecule has 2 atom stereocenters. The Morgan fingerprint density at radius 1 is 1.05 bits per heavy atom. The summed E-state index contributed by atoms with van der Waals surface area (Å²) < 4.78 is 5.38. The van der Waals surface area contributed by atoms with Crippen LogP contribution in [0, 0.1) is 11.8 Å². The van der Waals surface area contributed by atoms with Crippen molar-refractivity contribution in [3.8, 4) is 6.01 Å². The van der Waals surface area contributed by atoms with Crippen LogP contribution in [-0.4, -0.2) is 34.6 Å². The second-order valence-corrected chi connectivity index (χ2v) is 5.71. The summed E-state index contributed by atoms with van der Waals surface area (Å²) in [5.74, 6) is 2.61. The van der Waals surface area contributed by atoms with E-state index in [-0.39, 0.29) is 0 Å². The molecule has 0 bridgehead atoms. The maximum Gasteiger partial charge on any atom is 0.323 e. The first-order valence-corrected chi connectivity index (χ1v) is 7.43. The summed E-state index contributed by atoms with van der Waals surface area (Å²) in [6.45, 7) is 7.08. The molecule has 6 nitrogen and oxygen atoms in total. The van der Waals surface area contributed by atoms with Crippen LogP contribution in [0.4, 0.5) is 11.9 Å². The van der Waals surface area contributed by atoms with Gasteiger partial charge < -0.3 is 15.4 Å². The summed E-state index contributed by atoms with van der Waals surface area (Å²) in [6, 6.07) is 0.793. The van der Waals surface area contributed by atoms with E-state index in [2.05, 4.69) is 39.4 Å². The highest BCUT2D eigenvalue weighted by atomic mass is 16.5. The van der Waals surface area contributed by atoms with Gasteiger partial charge in [-0.3, -0.25) is 0 Å². The van der Waals surface area contributed by atoms with Gasteiger partial charge in [-0.05, 0) is 38.0 Å². The summed E-state index contributed by atoms with van der Waals surface area (Å²) in [4.78, 5) is 12.8. The van der Waals surface area contributed by atoms with Gasteiger partial charge in [0.25, 0.3) is 0 Å². The van der Waals surface area contributed by atoms with Crippen LogP contribution in [-0.2, 0) is 0 Å². The Labute approximate surface area is 120 Å². The van der Waals surface area contributed by atoms with Gasteiger partial charge in [-0.2, -0.15) is 15.0 Å². The van der Waals surface area contributed by atoms with Crippen molar-refractivity contribution in [1.29, 1.82) is 0 Å². The molecule has 1 aliphatic carbocycles. The van der Waals surface area contributed by atoms with Gasteiger partial charge in [0.15, 0.2) is 0 Å². The summed E-state index contributed by atoms with van der Waals surface area (Å²) >= 11 is 0. The van der Waals surface area contributed by atoms with Crippen molar-refractivity contribution >= 4 is 11.9 Å². The predicted octanol–water partition coefficient (Wildman–Crippen LogP) is 2.55. The topological polar surface area (TPSA) is 72.0 Å². The monoisotopic (exact) mass is 279 g/mol. The third kappa shape index (κ3) is 3.95. The van der Waals surface area contributed by atoms with Gasteiger partial charge in [-0.25, -0.2) is 0 Å². The molecule has 6 heteroatoms. The van der Waals surface area contributed by atoms with Gasteiger partial charge in [-0.1, -0.05) is 13.8 Å². The Kier molecular flexibility index (Phi) is 4.98. The van der Waals surface area contributed by atoms with Crippen LogP contribution in [0.1, 0.15) is 40.0 Å². The van der Waals surface area contributed by atoms with Crippen molar-refractivity contribution in [2.24, 2.45) is 11.8 Å². The fourth-order valence-corrected chi connectivity index (χ4v) is 2.97. The Hall–Kier alpha value is -1.59. The zero-order valence-electron chi connectivity index (χ0n) is 12.8. The summed E-state index contributed by atoms with van der Waals surface area (Å²) in [5, 5.41) is 6.37. The van der Waals surface area contributed by atoms with E-state index in [9.17, 15) is 0 Å². The number of aromatic nitrogens is 3. The molecule has 0 amide bonds.